The zero-order valence-electron chi connectivity index (χ0n) is 12.4. The smallest absolute Gasteiger partial charge is 0.279 e. The van der Waals surface area contributed by atoms with E-state index in [9.17, 15) is 9.59 Å². The minimum Gasteiger partial charge on any atom is -0.279 e. The van der Waals surface area contributed by atoms with Crippen molar-refractivity contribution in [3.8, 4) is 11.3 Å². The second-order valence-electron chi connectivity index (χ2n) is 4.83. The van der Waals surface area contributed by atoms with Gasteiger partial charge in [-0.3, -0.25) is 13.9 Å². The maximum atomic E-state index is 12.3. The summed E-state index contributed by atoms with van der Waals surface area (Å²) in [6.07, 6.45) is 1.89. The molecule has 0 saturated carbocycles. The van der Waals surface area contributed by atoms with Crippen LogP contribution in [0.2, 0.25) is 0 Å². The lowest BCUT2D eigenvalue weighted by Gasteiger charge is -2.10. The van der Waals surface area contributed by atoms with Crippen LogP contribution in [-0.2, 0) is 14.1 Å². The van der Waals surface area contributed by atoms with Crippen molar-refractivity contribution in [2.75, 3.05) is 6.26 Å². The molecule has 3 rings (SSSR count). The first-order chi connectivity index (χ1) is 10.5. The number of thioether (sulfide) groups is 1. The van der Waals surface area contributed by atoms with Crippen LogP contribution in [0.3, 0.4) is 0 Å². The summed E-state index contributed by atoms with van der Waals surface area (Å²) in [6, 6.07) is 9.57. The van der Waals surface area contributed by atoms with Crippen LogP contribution in [0, 0.1) is 0 Å². The van der Waals surface area contributed by atoms with E-state index in [0.717, 1.165) is 10.1 Å². The molecule has 1 aromatic carbocycles. The predicted octanol–water partition coefficient (Wildman–Crippen LogP) is 1.42. The second kappa shape index (κ2) is 5.42. The molecule has 0 spiro atoms. The topological polar surface area (TPSA) is 69.8 Å². The fourth-order valence-electron chi connectivity index (χ4n) is 2.28. The van der Waals surface area contributed by atoms with Crippen molar-refractivity contribution in [2.24, 2.45) is 14.1 Å². The van der Waals surface area contributed by atoms with Crippen LogP contribution in [0.1, 0.15) is 0 Å². The number of aryl methyl sites for hydroxylation is 1. The van der Waals surface area contributed by atoms with Crippen molar-refractivity contribution in [3.05, 3.63) is 51.2 Å². The van der Waals surface area contributed by atoms with Crippen molar-refractivity contribution in [1.29, 1.82) is 0 Å². The van der Waals surface area contributed by atoms with Crippen LogP contribution in [0.5, 0.6) is 0 Å². The highest BCUT2D eigenvalue weighted by Crippen LogP contribution is 2.27. The summed E-state index contributed by atoms with van der Waals surface area (Å²) >= 11 is 1.43. The van der Waals surface area contributed by atoms with Crippen LogP contribution in [0.15, 0.2) is 44.9 Å². The zero-order chi connectivity index (χ0) is 15.9. The lowest BCUT2D eigenvalue weighted by molar-refractivity contribution is 0.701. The lowest BCUT2D eigenvalue weighted by atomic mass is 10.1. The summed E-state index contributed by atoms with van der Waals surface area (Å²) in [6.45, 7) is 0. The van der Waals surface area contributed by atoms with Gasteiger partial charge in [-0.2, -0.15) is 0 Å². The van der Waals surface area contributed by atoms with Gasteiger partial charge in [0.1, 0.15) is 10.7 Å². The lowest BCUT2D eigenvalue weighted by Crippen LogP contribution is -2.37. The highest BCUT2D eigenvalue weighted by Gasteiger charge is 2.16. The van der Waals surface area contributed by atoms with Crippen LogP contribution in [-0.4, -0.2) is 25.4 Å². The van der Waals surface area contributed by atoms with E-state index in [2.05, 4.69) is 9.97 Å². The summed E-state index contributed by atoms with van der Waals surface area (Å²) in [7, 11) is 3.03. The summed E-state index contributed by atoms with van der Waals surface area (Å²) in [5.74, 6) is 0. The fourth-order valence-corrected chi connectivity index (χ4v) is 2.81. The molecule has 0 radical (unpaired) electrons. The van der Waals surface area contributed by atoms with Gasteiger partial charge in [-0.1, -0.05) is 30.3 Å². The fraction of sp³-hybridized carbons (Fsp3) is 0.200. The van der Waals surface area contributed by atoms with Gasteiger partial charge in [-0.05, 0) is 6.26 Å². The largest absolute Gasteiger partial charge is 0.332 e. The van der Waals surface area contributed by atoms with Crippen molar-refractivity contribution >= 4 is 22.9 Å². The highest BCUT2D eigenvalue weighted by molar-refractivity contribution is 7.98. The Kier molecular flexibility index (Phi) is 3.58. The molecule has 0 aliphatic carbocycles. The van der Waals surface area contributed by atoms with Gasteiger partial charge < -0.3 is 0 Å². The van der Waals surface area contributed by atoms with Gasteiger partial charge in [0, 0.05) is 19.7 Å². The molecular formula is C15H14N4O2S. The average molecular weight is 314 g/mol. The summed E-state index contributed by atoms with van der Waals surface area (Å²) in [5.41, 5.74) is 1.19. The van der Waals surface area contributed by atoms with Gasteiger partial charge >= 0.3 is 5.69 Å². The second-order valence-corrected chi connectivity index (χ2v) is 5.62. The third kappa shape index (κ3) is 2.14. The van der Waals surface area contributed by atoms with Crippen LogP contribution < -0.4 is 11.2 Å². The van der Waals surface area contributed by atoms with E-state index < -0.39 is 11.2 Å². The quantitative estimate of drug-likeness (QED) is 0.669. The third-order valence-corrected chi connectivity index (χ3v) is 4.16. The van der Waals surface area contributed by atoms with E-state index in [-0.39, 0.29) is 5.52 Å². The number of benzene rings is 1. The first-order valence-electron chi connectivity index (χ1n) is 6.61. The first kappa shape index (κ1) is 14.5. The molecular weight excluding hydrogens is 300 g/mol. The number of nitrogens with zero attached hydrogens (tertiary/aromatic N) is 4. The monoisotopic (exact) mass is 314 g/mol. The normalized spacial score (nSPS) is 11.0. The van der Waals surface area contributed by atoms with Crippen molar-refractivity contribution in [2.45, 2.75) is 5.03 Å². The van der Waals surface area contributed by atoms with Crippen LogP contribution in [0.4, 0.5) is 0 Å². The molecule has 0 unspecified atom stereocenters. The maximum Gasteiger partial charge on any atom is 0.332 e. The van der Waals surface area contributed by atoms with Crippen molar-refractivity contribution in [3.63, 3.8) is 0 Å². The Morgan fingerprint density at radius 3 is 2.32 bits per heavy atom. The Labute approximate surface area is 130 Å². The molecule has 0 N–H and O–H groups in total. The molecule has 0 fully saturated rings. The minimum atomic E-state index is -0.435. The van der Waals surface area contributed by atoms with Gasteiger partial charge in [0.05, 0.1) is 0 Å². The van der Waals surface area contributed by atoms with Crippen LogP contribution >= 0.6 is 11.8 Å². The van der Waals surface area contributed by atoms with E-state index >= 15 is 0 Å². The molecule has 0 saturated heterocycles. The molecule has 6 nitrogen and oxygen atoms in total. The number of hydrogen-bond donors (Lipinski definition) is 0. The molecule has 0 aliphatic heterocycles. The Morgan fingerprint density at radius 2 is 1.68 bits per heavy atom. The van der Waals surface area contributed by atoms with E-state index in [1.165, 1.54) is 23.4 Å². The van der Waals surface area contributed by atoms with Crippen LogP contribution in [0.25, 0.3) is 22.4 Å². The Bertz CT molecular complexity index is 977. The summed E-state index contributed by atoms with van der Waals surface area (Å²) in [5, 5.41) is 0.682. The molecule has 0 atom stereocenters. The number of hydrogen-bond acceptors (Lipinski definition) is 5. The molecule has 0 bridgehead atoms. The molecule has 7 heteroatoms. The Hall–Kier alpha value is -2.41. The van der Waals surface area contributed by atoms with E-state index in [0.29, 0.717) is 16.4 Å². The van der Waals surface area contributed by atoms with Crippen molar-refractivity contribution < 1.29 is 0 Å². The molecule has 22 heavy (non-hydrogen) atoms. The molecule has 0 amide bonds. The van der Waals surface area contributed by atoms with Crippen molar-refractivity contribution in [1.82, 2.24) is 19.1 Å². The summed E-state index contributed by atoms with van der Waals surface area (Å²) in [4.78, 5) is 33.3. The standard InChI is InChI=1S/C15H14N4O2S/c1-18-12-11(14(20)19(2)15(18)21)16-10(13(17-12)22-3)9-7-5-4-6-8-9/h4-8H,1-3H3. The summed E-state index contributed by atoms with van der Waals surface area (Å²) < 4.78 is 2.39. The average Bonchev–Trinajstić information content (AvgIpc) is 2.57. The molecule has 112 valence electrons. The number of rotatable bonds is 2. The molecule has 3 aromatic rings. The number of fused-ring (bicyclic) bond motifs is 1. The van der Waals surface area contributed by atoms with Gasteiger partial charge in [-0.15, -0.1) is 11.8 Å². The van der Waals surface area contributed by atoms with Gasteiger partial charge in [0.15, 0.2) is 11.2 Å². The van der Waals surface area contributed by atoms with Gasteiger partial charge in [0.2, 0.25) is 0 Å². The first-order valence-corrected chi connectivity index (χ1v) is 7.84. The van der Waals surface area contributed by atoms with Gasteiger partial charge in [0.25, 0.3) is 5.56 Å². The van der Waals surface area contributed by atoms with E-state index in [1.807, 2.05) is 36.6 Å². The number of aromatic nitrogens is 4. The third-order valence-electron chi connectivity index (χ3n) is 3.48. The molecule has 2 aromatic heterocycles. The molecule has 2 heterocycles. The molecule has 0 aliphatic rings. The maximum absolute atomic E-state index is 12.3. The predicted molar refractivity (Wildman–Crippen MR) is 87.2 cm³/mol. The van der Waals surface area contributed by atoms with Gasteiger partial charge in [-0.25, -0.2) is 14.8 Å². The van der Waals surface area contributed by atoms with E-state index in [1.54, 1.807) is 7.05 Å². The van der Waals surface area contributed by atoms with E-state index in [4.69, 9.17) is 0 Å². The Balaban J connectivity index is 2.46. The minimum absolute atomic E-state index is 0.196. The Morgan fingerprint density at radius 1 is 1.00 bits per heavy atom. The SMILES string of the molecule is CSc1nc2c(nc1-c1ccccc1)c(=O)n(C)c(=O)n2C. The highest BCUT2D eigenvalue weighted by atomic mass is 32.2. The zero-order valence-corrected chi connectivity index (χ0v) is 13.2.